The average molecular weight is 273 g/mol. The zero-order chi connectivity index (χ0) is 13.7. The van der Waals surface area contributed by atoms with Crippen LogP contribution in [-0.2, 0) is 0 Å². The van der Waals surface area contributed by atoms with E-state index in [9.17, 15) is 0 Å². The topological polar surface area (TPSA) is 0 Å². The van der Waals surface area contributed by atoms with Gasteiger partial charge in [-0.3, -0.25) is 0 Å². The summed E-state index contributed by atoms with van der Waals surface area (Å²) in [5.74, 6) is 0. The quantitative estimate of drug-likeness (QED) is 0.519. The van der Waals surface area contributed by atoms with E-state index in [-0.39, 0.29) is 0 Å². The van der Waals surface area contributed by atoms with Crippen molar-refractivity contribution in [3.05, 3.63) is 0 Å². The van der Waals surface area contributed by atoms with Gasteiger partial charge in [0.2, 0.25) is 0 Å². The van der Waals surface area contributed by atoms with Crippen LogP contribution in [0.2, 0.25) is 28.8 Å². The highest BCUT2D eigenvalue weighted by molar-refractivity contribution is 6.79. The maximum atomic E-state index is 2.64. The zero-order valence-electron chi connectivity index (χ0n) is 13.7. The molecule has 0 saturated carbocycles. The summed E-state index contributed by atoms with van der Waals surface area (Å²) >= 11 is 0. The second-order valence-corrected chi connectivity index (χ2v) is 15.0. The van der Waals surface area contributed by atoms with Gasteiger partial charge in [-0.25, -0.2) is 0 Å². The molecule has 2 unspecified atom stereocenters. The molecule has 0 heterocycles. The molecule has 0 aliphatic carbocycles. The lowest BCUT2D eigenvalue weighted by Gasteiger charge is -2.39. The van der Waals surface area contributed by atoms with Gasteiger partial charge in [0.15, 0.2) is 0 Å². The lowest BCUT2D eigenvalue weighted by Crippen LogP contribution is -2.36. The molecule has 0 radical (unpaired) electrons. The molecule has 0 saturated heterocycles. The smallest absolute Gasteiger partial charge is 0.0370 e. The van der Waals surface area contributed by atoms with E-state index in [1.807, 2.05) is 0 Å². The highest BCUT2D eigenvalue weighted by atomic mass is 28.3. The van der Waals surface area contributed by atoms with Crippen LogP contribution in [0, 0.1) is 0 Å². The maximum absolute atomic E-state index is 2.64. The van der Waals surface area contributed by atoms with E-state index in [0.717, 1.165) is 0 Å². The van der Waals surface area contributed by atoms with Gasteiger partial charge >= 0.3 is 0 Å². The van der Waals surface area contributed by atoms with Crippen molar-refractivity contribution >= 4 is 17.6 Å². The predicted octanol–water partition coefficient (Wildman–Crippen LogP) is 5.40. The SMILES string of the molecule is CCC(C)(CC)[SiH](C)C[SiH](C)C(C)(CC)CC. The molecule has 0 bridgehead atoms. The predicted molar refractivity (Wildman–Crippen MR) is 88.7 cm³/mol. The van der Waals surface area contributed by atoms with Crippen LogP contribution in [0.1, 0.15) is 67.2 Å². The Balaban J connectivity index is 4.62. The van der Waals surface area contributed by atoms with Gasteiger partial charge in [0.1, 0.15) is 0 Å². The Bertz CT molecular complexity index is 183. The highest BCUT2D eigenvalue weighted by Gasteiger charge is 2.35. The van der Waals surface area contributed by atoms with E-state index in [1.165, 1.54) is 25.7 Å². The largest absolute Gasteiger partial charge is 0.0718 e. The molecule has 0 nitrogen and oxygen atoms in total. The molecular formula is C15H36Si2. The normalized spacial score (nSPS) is 16.9. The molecule has 0 N–H and O–H groups in total. The first-order valence-corrected chi connectivity index (χ1v) is 12.9. The third-order valence-electron chi connectivity index (χ3n) is 6.32. The summed E-state index contributed by atoms with van der Waals surface area (Å²) in [5, 5.41) is 1.42. The van der Waals surface area contributed by atoms with Crippen molar-refractivity contribution in [1.29, 1.82) is 0 Å². The van der Waals surface area contributed by atoms with Crippen LogP contribution in [0.4, 0.5) is 0 Å². The number of hydrogen-bond donors (Lipinski definition) is 0. The Hall–Kier alpha value is 0.434. The number of hydrogen-bond acceptors (Lipinski definition) is 0. The second-order valence-electron chi connectivity index (χ2n) is 6.76. The Kier molecular flexibility index (Phi) is 7.31. The van der Waals surface area contributed by atoms with Crippen LogP contribution < -0.4 is 0 Å². The van der Waals surface area contributed by atoms with Crippen molar-refractivity contribution < 1.29 is 0 Å². The van der Waals surface area contributed by atoms with Crippen molar-refractivity contribution in [2.45, 2.75) is 96.1 Å². The van der Waals surface area contributed by atoms with Crippen molar-refractivity contribution in [3.63, 3.8) is 0 Å². The Morgan fingerprint density at radius 1 is 0.647 bits per heavy atom. The Morgan fingerprint density at radius 2 is 0.882 bits per heavy atom. The van der Waals surface area contributed by atoms with Crippen LogP contribution in [0.15, 0.2) is 0 Å². The van der Waals surface area contributed by atoms with Gasteiger partial charge in [-0.15, -0.1) is 0 Å². The zero-order valence-corrected chi connectivity index (χ0v) is 16.0. The molecule has 104 valence electrons. The van der Waals surface area contributed by atoms with E-state index in [1.54, 1.807) is 5.67 Å². The van der Waals surface area contributed by atoms with Gasteiger partial charge in [0.05, 0.1) is 0 Å². The molecule has 0 amide bonds. The minimum absolute atomic E-state index is 0.556. The van der Waals surface area contributed by atoms with Gasteiger partial charge < -0.3 is 0 Å². The van der Waals surface area contributed by atoms with E-state index >= 15 is 0 Å². The fraction of sp³-hybridized carbons (Fsp3) is 1.00. The van der Waals surface area contributed by atoms with Crippen molar-refractivity contribution in [2.75, 3.05) is 0 Å². The molecule has 17 heavy (non-hydrogen) atoms. The molecule has 0 aliphatic rings. The molecule has 0 fully saturated rings. The minimum atomic E-state index is -0.556. The minimum Gasteiger partial charge on any atom is -0.0718 e. The van der Waals surface area contributed by atoms with Gasteiger partial charge in [-0.05, 0) is 10.1 Å². The monoisotopic (exact) mass is 272 g/mol. The second kappa shape index (κ2) is 7.13. The average Bonchev–Trinajstić information content (AvgIpc) is 2.36. The summed E-state index contributed by atoms with van der Waals surface area (Å²) in [5.41, 5.74) is 1.66. The third-order valence-corrected chi connectivity index (χ3v) is 18.4. The Morgan fingerprint density at radius 3 is 1.06 bits per heavy atom. The van der Waals surface area contributed by atoms with Crippen molar-refractivity contribution in [2.24, 2.45) is 0 Å². The fourth-order valence-electron chi connectivity index (χ4n) is 2.99. The van der Waals surface area contributed by atoms with Gasteiger partial charge in [0.25, 0.3) is 0 Å². The number of rotatable bonds is 8. The highest BCUT2D eigenvalue weighted by Crippen LogP contribution is 2.44. The Labute approximate surface area is 114 Å². The summed E-state index contributed by atoms with van der Waals surface area (Å²) in [6.07, 6.45) is 5.58. The molecule has 0 spiro atoms. The van der Waals surface area contributed by atoms with E-state index in [0.29, 0.717) is 10.1 Å². The molecule has 0 aliphatic heterocycles. The van der Waals surface area contributed by atoms with E-state index in [2.05, 4.69) is 54.6 Å². The molecule has 0 rings (SSSR count). The molecule has 0 aromatic rings. The van der Waals surface area contributed by atoms with Crippen molar-refractivity contribution in [3.8, 4) is 0 Å². The molecular weight excluding hydrogens is 236 g/mol. The first-order chi connectivity index (χ1) is 7.79. The summed E-state index contributed by atoms with van der Waals surface area (Å²) < 4.78 is 0. The standard InChI is InChI=1S/C15H36Si2/c1-9-14(5,10-2)16(7)13-17(8)15(6,11-3)12-4/h16-17H,9-13H2,1-8H3. The van der Waals surface area contributed by atoms with E-state index < -0.39 is 17.6 Å². The van der Waals surface area contributed by atoms with Crippen LogP contribution >= 0.6 is 0 Å². The molecule has 2 atom stereocenters. The lowest BCUT2D eigenvalue weighted by molar-refractivity contribution is 0.543. The first kappa shape index (κ1) is 17.4. The van der Waals surface area contributed by atoms with Crippen molar-refractivity contribution in [1.82, 2.24) is 0 Å². The van der Waals surface area contributed by atoms with Gasteiger partial charge in [-0.1, -0.05) is 86.0 Å². The van der Waals surface area contributed by atoms with E-state index in [4.69, 9.17) is 0 Å². The summed E-state index contributed by atoms with van der Waals surface area (Å²) in [7, 11) is -1.11. The molecule has 2 heteroatoms. The first-order valence-electron chi connectivity index (χ1n) is 7.79. The maximum Gasteiger partial charge on any atom is 0.0370 e. The fourth-order valence-corrected chi connectivity index (χ4v) is 14.6. The summed E-state index contributed by atoms with van der Waals surface area (Å²) in [6, 6.07) is 0. The van der Waals surface area contributed by atoms with Crippen LogP contribution in [0.5, 0.6) is 0 Å². The van der Waals surface area contributed by atoms with Gasteiger partial charge in [0, 0.05) is 17.6 Å². The van der Waals surface area contributed by atoms with Crippen LogP contribution in [0.25, 0.3) is 0 Å². The summed E-state index contributed by atoms with van der Waals surface area (Å²) in [4.78, 5) is 0. The molecule has 0 aromatic carbocycles. The van der Waals surface area contributed by atoms with Gasteiger partial charge in [-0.2, -0.15) is 0 Å². The molecule has 0 aromatic heterocycles. The lowest BCUT2D eigenvalue weighted by atomic mass is 10.1. The summed E-state index contributed by atoms with van der Waals surface area (Å²) in [6.45, 7) is 20.0. The van der Waals surface area contributed by atoms with Crippen LogP contribution in [-0.4, -0.2) is 17.6 Å². The van der Waals surface area contributed by atoms with Crippen LogP contribution in [0.3, 0.4) is 0 Å². The third kappa shape index (κ3) is 4.23.